The van der Waals surface area contributed by atoms with Crippen molar-refractivity contribution in [3.63, 3.8) is 0 Å². The Morgan fingerprint density at radius 2 is 1.84 bits per heavy atom. The van der Waals surface area contributed by atoms with Crippen LogP contribution in [0.1, 0.15) is 36.4 Å². The van der Waals surface area contributed by atoms with Crippen LogP contribution < -0.4 is 15.0 Å². The van der Waals surface area contributed by atoms with Crippen molar-refractivity contribution in [1.29, 1.82) is 0 Å². The molecule has 7 nitrogen and oxygen atoms in total. The maximum Gasteiger partial charge on any atom is 0.416 e. The number of nitrogens with one attached hydrogen (secondary N) is 1. The number of alkyl halides is 3. The zero-order chi connectivity index (χ0) is 22.9. The molecule has 1 atom stereocenters. The third-order valence-corrected chi connectivity index (χ3v) is 5.98. The predicted molar refractivity (Wildman–Crippen MR) is 110 cm³/mol. The van der Waals surface area contributed by atoms with E-state index in [2.05, 4.69) is 5.32 Å². The number of nitro benzene ring substituents is 1. The summed E-state index contributed by atoms with van der Waals surface area (Å²) in [5.74, 6) is 0.400. The first kappa shape index (κ1) is 21.9. The molecule has 1 N–H and O–H groups in total. The van der Waals surface area contributed by atoms with Crippen molar-refractivity contribution in [2.24, 2.45) is 5.92 Å². The number of hydrogen-bond donors (Lipinski definition) is 1. The molecule has 32 heavy (non-hydrogen) atoms. The fraction of sp³-hybridized carbons (Fsp3) is 0.409. The minimum atomic E-state index is -4.66. The molecule has 2 aliphatic rings. The number of fused-ring (bicyclic) bond motifs is 1. The normalized spacial score (nSPS) is 19.1. The van der Waals surface area contributed by atoms with Gasteiger partial charge < -0.3 is 15.0 Å². The van der Waals surface area contributed by atoms with Gasteiger partial charge in [-0.05, 0) is 31.0 Å². The van der Waals surface area contributed by atoms with Gasteiger partial charge in [0, 0.05) is 37.1 Å². The minimum Gasteiger partial charge on any atom is -0.493 e. The van der Waals surface area contributed by atoms with Gasteiger partial charge in [-0.25, -0.2) is 0 Å². The Balaban J connectivity index is 1.41. The van der Waals surface area contributed by atoms with E-state index < -0.39 is 22.4 Å². The third-order valence-electron chi connectivity index (χ3n) is 5.98. The van der Waals surface area contributed by atoms with Gasteiger partial charge in [0.15, 0.2) is 0 Å². The fourth-order valence-electron chi connectivity index (χ4n) is 4.28. The lowest BCUT2D eigenvalue weighted by Crippen LogP contribution is -2.42. The second kappa shape index (κ2) is 8.68. The number of piperidine rings is 1. The molecule has 1 saturated heterocycles. The molecule has 4 rings (SSSR count). The van der Waals surface area contributed by atoms with Crippen LogP contribution in [0.15, 0.2) is 42.5 Å². The van der Waals surface area contributed by atoms with Crippen molar-refractivity contribution in [3.8, 4) is 5.75 Å². The summed E-state index contributed by atoms with van der Waals surface area (Å²) in [6.45, 7) is 1.20. The molecule has 1 unspecified atom stereocenters. The largest absolute Gasteiger partial charge is 0.493 e. The summed E-state index contributed by atoms with van der Waals surface area (Å²) in [6.07, 6.45) is -3.08. The Morgan fingerprint density at radius 1 is 1.12 bits per heavy atom. The average molecular weight is 449 g/mol. The van der Waals surface area contributed by atoms with Gasteiger partial charge in [-0.1, -0.05) is 18.2 Å². The summed E-state index contributed by atoms with van der Waals surface area (Å²) >= 11 is 0. The number of ether oxygens (including phenoxy) is 1. The van der Waals surface area contributed by atoms with E-state index in [4.69, 9.17) is 4.74 Å². The molecule has 0 bridgehead atoms. The van der Waals surface area contributed by atoms with Gasteiger partial charge in [0.25, 0.3) is 5.69 Å². The Kier molecular flexibility index (Phi) is 5.94. The number of amides is 1. The highest BCUT2D eigenvalue weighted by Crippen LogP contribution is 2.38. The average Bonchev–Trinajstić information content (AvgIpc) is 2.78. The molecule has 2 aliphatic heterocycles. The van der Waals surface area contributed by atoms with Crippen LogP contribution in [-0.2, 0) is 11.0 Å². The summed E-state index contributed by atoms with van der Waals surface area (Å²) in [6, 6.07) is 9.97. The van der Waals surface area contributed by atoms with E-state index in [-0.39, 0.29) is 23.6 Å². The molecule has 0 radical (unpaired) electrons. The molecular weight excluding hydrogens is 427 g/mol. The summed E-state index contributed by atoms with van der Waals surface area (Å²) < 4.78 is 44.4. The third kappa shape index (κ3) is 4.49. The molecule has 1 amide bonds. The molecule has 0 aliphatic carbocycles. The fourth-order valence-corrected chi connectivity index (χ4v) is 4.28. The first-order valence-electron chi connectivity index (χ1n) is 10.4. The van der Waals surface area contributed by atoms with Crippen LogP contribution in [0.3, 0.4) is 0 Å². The number of carbonyl (C=O) groups is 1. The van der Waals surface area contributed by atoms with Crippen LogP contribution in [0.4, 0.5) is 24.5 Å². The molecule has 0 spiro atoms. The highest BCUT2D eigenvalue weighted by atomic mass is 19.4. The second-order valence-electron chi connectivity index (χ2n) is 7.96. The number of nitro groups is 1. The lowest BCUT2D eigenvalue weighted by Gasteiger charge is -2.34. The van der Waals surface area contributed by atoms with Crippen LogP contribution in [0.25, 0.3) is 0 Å². The van der Waals surface area contributed by atoms with E-state index in [1.807, 2.05) is 24.3 Å². The smallest absolute Gasteiger partial charge is 0.416 e. The van der Waals surface area contributed by atoms with Crippen molar-refractivity contribution >= 4 is 17.3 Å². The molecule has 1 fully saturated rings. The van der Waals surface area contributed by atoms with E-state index in [9.17, 15) is 28.1 Å². The summed E-state index contributed by atoms with van der Waals surface area (Å²) in [5.41, 5.74) is -0.564. The molecule has 2 aromatic rings. The zero-order valence-electron chi connectivity index (χ0n) is 17.1. The van der Waals surface area contributed by atoms with Crippen molar-refractivity contribution in [2.45, 2.75) is 31.5 Å². The van der Waals surface area contributed by atoms with Gasteiger partial charge in [-0.3, -0.25) is 14.9 Å². The van der Waals surface area contributed by atoms with Gasteiger partial charge in [-0.2, -0.15) is 13.2 Å². The number of carbonyl (C=O) groups excluding carboxylic acids is 1. The molecule has 0 aromatic heterocycles. The quantitative estimate of drug-likeness (QED) is 0.550. The number of anilines is 1. The molecule has 2 aromatic carbocycles. The van der Waals surface area contributed by atoms with Gasteiger partial charge in [0.05, 0.1) is 23.1 Å². The standard InChI is InChI=1S/C22H22F3N3O4/c23-22(24,25)15-5-6-18(19(13-15)28(30)31)27-10-7-14(8-11-27)21(29)26-17-9-12-32-20-4-2-1-3-16(17)20/h1-6,13-14,17H,7-12H2,(H,26,29). The van der Waals surface area contributed by atoms with E-state index in [0.29, 0.717) is 45.0 Å². The number of benzene rings is 2. The number of hydrogen-bond acceptors (Lipinski definition) is 5. The lowest BCUT2D eigenvalue weighted by atomic mass is 9.93. The first-order chi connectivity index (χ1) is 15.2. The van der Waals surface area contributed by atoms with E-state index >= 15 is 0 Å². The van der Waals surface area contributed by atoms with Crippen molar-refractivity contribution in [2.75, 3.05) is 24.6 Å². The number of para-hydroxylation sites is 1. The highest BCUT2D eigenvalue weighted by Gasteiger charge is 2.35. The second-order valence-corrected chi connectivity index (χ2v) is 7.96. The van der Waals surface area contributed by atoms with Crippen LogP contribution in [0.2, 0.25) is 0 Å². The minimum absolute atomic E-state index is 0.0896. The molecule has 2 heterocycles. The first-order valence-corrected chi connectivity index (χ1v) is 10.4. The summed E-state index contributed by atoms with van der Waals surface area (Å²) in [5, 5.41) is 14.5. The van der Waals surface area contributed by atoms with Crippen LogP contribution in [0, 0.1) is 16.0 Å². The molecule has 10 heteroatoms. The van der Waals surface area contributed by atoms with Crippen molar-refractivity contribution in [3.05, 3.63) is 63.7 Å². The number of halogens is 3. The van der Waals surface area contributed by atoms with E-state index in [0.717, 1.165) is 23.4 Å². The Bertz CT molecular complexity index is 1020. The lowest BCUT2D eigenvalue weighted by molar-refractivity contribution is -0.384. The zero-order valence-corrected chi connectivity index (χ0v) is 17.1. The van der Waals surface area contributed by atoms with Gasteiger partial charge >= 0.3 is 6.18 Å². The van der Waals surface area contributed by atoms with Crippen LogP contribution >= 0.6 is 0 Å². The SMILES string of the molecule is O=C(NC1CCOc2ccccc21)C1CCN(c2ccc(C(F)(F)F)cc2[N+](=O)[O-])CC1. The molecule has 170 valence electrons. The number of nitrogens with zero attached hydrogens (tertiary/aromatic N) is 2. The van der Waals surface area contributed by atoms with E-state index in [1.165, 1.54) is 0 Å². The van der Waals surface area contributed by atoms with Crippen LogP contribution in [-0.4, -0.2) is 30.5 Å². The number of rotatable bonds is 4. The highest BCUT2D eigenvalue weighted by molar-refractivity contribution is 5.80. The summed E-state index contributed by atoms with van der Waals surface area (Å²) in [4.78, 5) is 25.1. The maximum atomic E-state index is 12.9. The Hall–Kier alpha value is -3.30. The van der Waals surface area contributed by atoms with Crippen LogP contribution in [0.5, 0.6) is 5.75 Å². The summed E-state index contributed by atoms with van der Waals surface area (Å²) in [7, 11) is 0. The van der Waals surface area contributed by atoms with Gasteiger partial charge in [0.2, 0.25) is 5.91 Å². The van der Waals surface area contributed by atoms with Gasteiger partial charge in [-0.15, -0.1) is 0 Å². The monoisotopic (exact) mass is 449 g/mol. The topological polar surface area (TPSA) is 84.7 Å². The van der Waals surface area contributed by atoms with E-state index in [1.54, 1.807) is 4.90 Å². The molecule has 0 saturated carbocycles. The van der Waals surface area contributed by atoms with Crippen molar-refractivity contribution < 1.29 is 27.6 Å². The predicted octanol–water partition coefficient (Wildman–Crippen LogP) is 4.47. The van der Waals surface area contributed by atoms with Gasteiger partial charge in [0.1, 0.15) is 11.4 Å². The maximum absolute atomic E-state index is 12.9. The Morgan fingerprint density at radius 3 is 2.53 bits per heavy atom. The Labute approximate surface area is 182 Å². The molecular formula is C22H22F3N3O4. The van der Waals surface area contributed by atoms with Crippen molar-refractivity contribution in [1.82, 2.24) is 5.32 Å².